The number of anilines is 1. The van der Waals surface area contributed by atoms with Crippen molar-refractivity contribution in [3.8, 4) is 0 Å². The van der Waals surface area contributed by atoms with E-state index in [1.165, 1.54) is 0 Å². The van der Waals surface area contributed by atoms with E-state index in [4.69, 9.17) is 4.74 Å². The number of carbonyl (C=O) groups is 1. The number of hydrogen-bond acceptors (Lipinski definition) is 3. The molecule has 5 nitrogen and oxygen atoms in total. The van der Waals surface area contributed by atoms with Gasteiger partial charge in [0.1, 0.15) is 0 Å². The predicted octanol–water partition coefficient (Wildman–Crippen LogP) is 0.775. The molecule has 0 radical (unpaired) electrons. The molecule has 1 aromatic heterocycles. The van der Waals surface area contributed by atoms with E-state index in [9.17, 15) is 4.79 Å². The van der Waals surface area contributed by atoms with Gasteiger partial charge in [-0.15, -0.1) is 0 Å². The minimum Gasteiger partial charge on any atom is -0.381 e. The van der Waals surface area contributed by atoms with Gasteiger partial charge in [-0.1, -0.05) is 0 Å². The third-order valence-electron chi connectivity index (χ3n) is 2.30. The van der Waals surface area contributed by atoms with Gasteiger partial charge < -0.3 is 10.1 Å². The molecule has 2 rings (SSSR count). The number of carbonyl (C=O) groups excluding carboxylic acids is 1. The number of rotatable bonds is 2. The van der Waals surface area contributed by atoms with E-state index in [2.05, 4.69) is 15.5 Å². The maximum Gasteiger partial charge on any atom is 0.229 e. The first-order chi connectivity index (χ1) is 6.86. The van der Waals surface area contributed by atoms with Crippen molar-refractivity contribution in [2.45, 2.75) is 12.8 Å². The zero-order chi connectivity index (χ0) is 9.80. The van der Waals surface area contributed by atoms with E-state index in [1.54, 1.807) is 12.4 Å². The van der Waals surface area contributed by atoms with Crippen molar-refractivity contribution in [1.29, 1.82) is 0 Å². The molecule has 0 aliphatic carbocycles. The molecule has 76 valence electrons. The summed E-state index contributed by atoms with van der Waals surface area (Å²) in [6, 6.07) is 0. The van der Waals surface area contributed by atoms with Gasteiger partial charge in [-0.3, -0.25) is 9.89 Å². The first-order valence-corrected chi connectivity index (χ1v) is 4.73. The van der Waals surface area contributed by atoms with Crippen LogP contribution in [0.25, 0.3) is 0 Å². The van der Waals surface area contributed by atoms with Crippen LogP contribution in [0.1, 0.15) is 12.8 Å². The van der Waals surface area contributed by atoms with E-state index >= 15 is 0 Å². The van der Waals surface area contributed by atoms with Gasteiger partial charge in [-0.25, -0.2) is 0 Å². The van der Waals surface area contributed by atoms with Crippen LogP contribution in [0.2, 0.25) is 0 Å². The Balaban J connectivity index is 1.88. The Morgan fingerprint density at radius 2 is 2.64 bits per heavy atom. The highest BCUT2D eigenvalue weighted by molar-refractivity contribution is 5.92. The van der Waals surface area contributed by atoms with E-state index < -0.39 is 0 Å². The Kier molecular flexibility index (Phi) is 2.78. The zero-order valence-electron chi connectivity index (χ0n) is 7.82. The molecule has 1 aliphatic heterocycles. The smallest absolute Gasteiger partial charge is 0.229 e. The third kappa shape index (κ3) is 2.11. The Morgan fingerprint density at radius 1 is 1.71 bits per heavy atom. The lowest BCUT2D eigenvalue weighted by Crippen LogP contribution is -2.30. The monoisotopic (exact) mass is 195 g/mol. The largest absolute Gasteiger partial charge is 0.381 e. The Hall–Kier alpha value is -1.36. The molecule has 0 bridgehead atoms. The van der Waals surface area contributed by atoms with Gasteiger partial charge in [0.2, 0.25) is 5.91 Å². The summed E-state index contributed by atoms with van der Waals surface area (Å²) >= 11 is 0. The van der Waals surface area contributed by atoms with Crippen molar-refractivity contribution in [3.63, 3.8) is 0 Å². The van der Waals surface area contributed by atoms with Gasteiger partial charge in [0.15, 0.2) is 0 Å². The number of H-pyrrole nitrogens is 1. The molecule has 1 aliphatic rings. The molecule has 2 heterocycles. The Morgan fingerprint density at radius 3 is 3.29 bits per heavy atom. The van der Waals surface area contributed by atoms with Crippen LogP contribution in [0.3, 0.4) is 0 Å². The van der Waals surface area contributed by atoms with E-state index in [1.807, 2.05) is 0 Å². The predicted molar refractivity (Wildman–Crippen MR) is 50.8 cm³/mol. The fourth-order valence-electron chi connectivity index (χ4n) is 1.51. The van der Waals surface area contributed by atoms with Crippen LogP contribution in [0.15, 0.2) is 12.4 Å². The molecule has 1 aromatic rings. The van der Waals surface area contributed by atoms with Crippen LogP contribution in [0, 0.1) is 5.92 Å². The molecule has 1 amide bonds. The second kappa shape index (κ2) is 4.23. The number of nitrogens with zero attached hydrogens (tertiary/aromatic N) is 1. The number of aromatic amines is 1. The SMILES string of the molecule is O=C(Nc1cn[nH]c1)C1CCCOC1. The molecule has 0 aromatic carbocycles. The summed E-state index contributed by atoms with van der Waals surface area (Å²) in [5.74, 6) is 0.00440. The summed E-state index contributed by atoms with van der Waals surface area (Å²) in [6.45, 7) is 1.30. The summed E-state index contributed by atoms with van der Waals surface area (Å²) in [5, 5.41) is 9.17. The zero-order valence-corrected chi connectivity index (χ0v) is 7.82. The molecule has 0 saturated carbocycles. The molecule has 2 N–H and O–H groups in total. The van der Waals surface area contributed by atoms with E-state index in [0.29, 0.717) is 12.3 Å². The van der Waals surface area contributed by atoms with E-state index in [-0.39, 0.29) is 11.8 Å². The second-order valence-corrected chi connectivity index (χ2v) is 3.39. The van der Waals surface area contributed by atoms with Gasteiger partial charge in [0.25, 0.3) is 0 Å². The number of ether oxygens (including phenoxy) is 1. The van der Waals surface area contributed by atoms with Crippen LogP contribution in [0.4, 0.5) is 5.69 Å². The van der Waals surface area contributed by atoms with Crippen LogP contribution in [-0.2, 0) is 9.53 Å². The quantitative estimate of drug-likeness (QED) is 0.732. The molecule has 1 atom stereocenters. The first kappa shape index (κ1) is 9.21. The minimum atomic E-state index is -0.0151. The topological polar surface area (TPSA) is 67.0 Å². The minimum absolute atomic E-state index is 0.0151. The molecular formula is C9H13N3O2. The lowest BCUT2D eigenvalue weighted by atomic mass is 10.0. The van der Waals surface area contributed by atoms with Crippen LogP contribution < -0.4 is 5.32 Å². The number of aromatic nitrogens is 2. The Labute approximate surface area is 81.8 Å². The summed E-state index contributed by atoms with van der Waals surface area (Å²) in [5.41, 5.74) is 0.709. The molecule has 1 fully saturated rings. The van der Waals surface area contributed by atoms with Gasteiger partial charge in [-0.2, -0.15) is 5.10 Å². The molecular weight excluding hydrogens is 182 g/mol. The van der Waals surface area contributed by atoms with Gasteiger partial charge in [-0.05, 0) is 12.8 Å². The standard InChI is InChI=1S/C9H13N3O2/c13-9(7-2-1-3-14-6-7)12-8-4-10-11-5-8/h4-5,7H,1-3,6H2,(H,10,11)(H,12,13). The van der Waals surface area contributed by atoms with Crippen molar-refractivity contribution < 1.29 is 9.53 Å². The molecule has 5 heteroatoms. The summed E-state index contributed by atoms with van der Waals surface area (Å²) in [7, 11) is 0. The first-order valence-electron chi connectivity index (χ1n) is 4.73. The van der Waals surface area contributed by atoms with Crippen LogP contribution in [0.5, 0.6) is 0 Å². The van der Waals surface area contributed by atoms with Crippen molar-refractivity contribution >= 4 is 11.6 Å². The number of nitrogens with one attached hydrogen (secondary N) is 2. The summed E-state index contributed by atoms with van der Waals surface area (Å²) in [6.07, 6.45) is 5.11. The average Bonchev–Trinajstić information content (AvgIpc) is 2.72. The van der Waals surface area contributed by atoms with Gasteiger partial charge >= 0.3 is 0 Å². The van der Waals surface area contributed by atoms with Crippen molar-refractivity contribution in [3.05, 3.63) is 12.4 Å². The lowest BCUT2D eigenvalue weighted by Gasteiger charge is -2.20. The number of hydrogen-bond donors (Lipinski definition) is 2. The molecule has 1 unspecified atom stereocenters. The van der Waals surface area contributed by atoms with E-state index in [0.717, 1.165) is 19.4 Å². The second-order valence-electron chi connectivity index (χ2n) is 3.39. The van der Waals surface area contributed by atoms with Crippen LogP contribution in [-0.4, -0.2) is 29.3 Å². The van der Waals surface area contributed by atoms with Crippen molar-refractivity contribution in [2.24, 2.45) is 5.92 Å². The maximum absolute atomic E-state index is 11.6. The highest BCUT2D eigenvalue weighted by atomic mass is 16.5. The van der Waals surface area contributed by atoms with Crippen molar-refractivity contribution in [2.75, 3.05) is 18.5 Å². The van der Waals surface area contributed by atoms with Crippen LogP contribution >= 0.6 is 0 Å². The summed E-state index contributed by atoms with van der Waals surface area (Å²) < 4.78 is 5.24. The lowest BCUT2D eigenvalue weighted by molar-refractivity contribution is -0.123. The van der Waals surface area contributed by atoms with Gasteiger partial charge in [0.05, 0.1) is 24.4 Å². The highest BCUT2D eigenvalue weighted by Crippen LogP contribution is 2.15. The number of amides is 1. The fourth-order valence-corrected chi connectivity index (χ4v) is 1.51. The molecule has 14 heavy (non-hydrogen) atoms. The average molecular weight is 195 g/mol. The fraction of sp³-hybridized carbons (Fsp3) is 0.556. The highest BCUT2D eigenvalue weighted by Gasteiger charge is 2.21. The normalized spacial score (nSPS) is 21.9. The molecule has 1 saturated heterocycles. The van der Waals surface area contributed by atoms with Crippen molar-refractivity contribution in [1.82, 2.24) is 10.2 Å². The molecule has 0 spiro atoms. The third-order valence-corrected chi connectivity index (χ3v) is 2.30. The van der Waals surface area contributed by atoms with Gasteiger partial charge in [0, 0.05) is 12.8 Å². The summed E-state index contributed by atoms with van der Waals surface area (Å²) in [4.78, 5) is 11.6. The maximum atomic E-state index is 11.6. The Bertz CT molecular complexity index is 291.